The lowest BCUT2D eigenvalue weighted by Crippen LogP contribution is -2.15. The summed E-state index contributed by atoms with van der Waals surface area (Å²) in [6, 6.07) is 10.9. The van der Waals surface area contributed by atoms with Crippen molar-refractivity contribution in [2.45, 2.75) is 36.6 Å². The van der Waals surface area contributed by atoms with Crippen LogP contribution in [-0.2, 0) is 0 Å². The first-order valence-corrected chi connectivity index (χ1v) is 8.90. The van der Waals surface area contributed by atoms with Gasteiger partial charge < -0.3 is 4.90 Å². The van der Waals surface area contributed by atoms with Crippen molar-refractivity contribution in [1.82, 2.24) is 9.88 Å². The lowest BCUT2D eigenvalue weighted by Gasteiger charge is -2.16. The molecule has 1 saturated carbocycles. The summed E-state index contributed by atoms with van der Waals surface area (Å²) in [6.45, 7) is 1.10. The molecule has 2 nitrogen and oxygen atoms in total. The maximum Gasteiger partial charge on any atom is 0.100 e. The van der Waals surface area contributed by atoms with Crippen molar-refractivity contribution in [2.75, 3.05) is 26.4 Å². The molecule has 21 heavy (non-hydrogen) atoms. The minimum absolute atomic E-state index is 0.726. The van der Waals surface area contributed by atoms with Crippen molar-refractivity contribution in [3.63, 3.8) is 0 Å². The van der Waals surface area contributed by atoms with Gasteiger partial charge in [-0.15, -0.1) is 11.8 Å². The molecule has 3 heteroatoms. The van der Waals surface area contributed by atoms with E-state index in [0.717, 1.165) is 23.7 Å². The number of aromatic nitrogens is 1. The summed E-state index contributed by atoms with van der Waals surface area (Å²) in [5.41, 5.74) is 2.63. The lowest BCUT2D eigenvalue weighted by atomic mass is 9.98. The van der Waals surface area contributed by atoms with Gasteiger partial charge in [-0.25, -0.2) is 4.98 Å². The number of thioether (sulfide) groups is 1. The molecular formula is C18H24N2S. The van der Waals surface area contributed by atoms with Gasteiger partial charge in [-0.2, -0.15) is 0 Å². The molecule has 0 atom stereocenters. The van der Waals surface area contributed by atoms with E-state index in [2.05, 4.69) is 49.3 Å². The van der Waals surface area contributed by atoms with Crippen molar-refractivity contribution in [1.29, 1.82) is 0 Å². The molecule has 1 aliphatic carbocycles. The maximum atomic E-state index is 4.96. The van der Waals surface area contributed by atoms with E-state index in [1.807, 2.05) is 11.8 Å². The number of rotatable bonds is 5. The fourth-order valence-corrected chi connectivity index (χ4v) is 4.29. The van der Waals surface area contributed by atoms with Gasteiger partial charge >= 0.3 is 0 Å². The Bertz CT molecular complexity index is 603. The van der Waals surface area contributed by atoms with Gasteiger partial charge in [0.15, 0.2) is 0 Å². The maximum absolute atomic E-state index is 4.96. The molecule has 0 amide bonds. The Morgan fingerprint density at radius 3 is 2.71 bits per heavy atom. The van der Waals surface area contributed by atoms with Crippen LogP contribution in [0.1, 0.15) is 37.2 Å². The topological polar surface area (TPSA) is 16.1 Å². The van der Waals surface area contributed by atoms with Gasteiger partial charge in [-0.1, -0.05) is 31.0 Å². The van der Waals surface area contributed by atoms with Gasteiger partial charge in [0.25, 0.3) is 0 Å². The third-order valence-electron chi connectivity index (χ3n) is 4.29. The summed E-state index contributed by atoms with van der Waals surface area (Å²) < 4.78 is 0. The summed E-state index contributed by atoms with van der Waals surface area (Å²) >= 11 is 1.92. The SMILES string of the molecule is CN(C)CCSc1nc2ccccc2cc1C1CCCC1. The molecule has 1 aliphatic rings. The molecule has 0 bridgehead atoms. The molecule has 0 N–H and O–H groups in total. The van der Waals surface area contributed by atoms with Crippen LogP contribution in [-0.4, -0.2) is 36.3 Å². The van der Waals surface area contributed by atoms with Crippen molar-refractivity contribution < 1.29 is 0 Å². The van der Waals surface area contributed by atoms with E-state index in [0.29, 0.717) is 0 Å². The number of fused-ring (bicyclic) bond motifs is 1. The van der Waals surface area contributed by atoms with Crippen molar-refractivity contribution in [3.8, 4) is 0 Å². The highest BCUT2D eigenvalue weighted by atomic mass is 32.2. The highest BCUT2D eigenvalue weighted by Gasteiger charge is 2.21. The van der Waals surface area contributed by atoms with Crippen LogP contribution in [0.2, 0.25) is 0 Å². The van der Waals surface area contributed by atoms with Crippen LogP contribution in [0.5, 0.6) is 0 Å². The fourth-order valence-electron chi connectivity index (χ4n) is 3.08. The Morgan fingerprint density at radius 2 is 1.95 bits per heavy atom. The molecule has 0 spiro atoms. The second-order valence-corrected chi connectivity index (χ2v) is 7.29. The molecule has 112 valence electrons. The molecule has 2 aromatic rings. The second kappa shape index (κ2) is 6.80. The van der Waals surface area contributed by atoms with E-state index in [4.69, 9.17) is 4.98 Å². The number of benzene rings is 1. The minimum Gasteiger partial charge on any atom is -0.309 e. The van der Waals surface area contributed by atoms with Crippen molar-refractivity contribution in [2.24, 2.45) is 0 Å². The fraction of sp³-hybridized carbons (Fsp3) is 0.500. The molecule has 0 aliphatic heterocycles. The average molecular weight is 300 g/mol. The zero-order chi connectivity index (χ0) is 14.7. The van der Waals surface area contributed by atoms with Crippen LogP contribution in [0.25, 0.3) is 10.9 Å². The summed E-state index contributed by atoms with van der Waals surface area (Å²) in [7, 11) is 4.26. The monoisotopic (exact) mass is 300 g/mol. The largest absolute Gasteiger partial charge is 0.309 e. The molecule has 3 rings (SSSR count). The summed E-state index contributed by atoms with van der Waals surface area (Å²) in [5, 5.41) is 2.55. The van der Waals surface area contributed by atoms with Gasteiger partial charge in [0.1, 0.15) is 5.03 Å². The van der Waals surface area contributed by atoms with Crippen LogP contribution in [0.15, 0.2) is 35.4 Å². The second-order valence-electron chi connectivity index (χ2n) is 6.21. The minimum atomic E-state index is 0.726. The Kier molecular flexibility index (Phi) is 4.81. The van der Waals surface area contributed by atoms with Gasteiger partial charge in [-0.3, -0.25) is 0 Å². The average Bonchev–Trinajstić information content (AvgIpc) is 3.00. The first kappa shape index (κ1) is 14.9. The van der Waals surface area contributed by atoms with Crippen molar-refractivity contribution >= 4 is 22.7 Å². The summed E-state index contributed by atoms with van der Waals surface area (Å²) in [5.74, 6) is 1.84. The third kappa shape index (κ3) is 3.58. The first-order chi connectivity index (χ1) is 10.2. The number of pyridine rings is 1. The standard InChI is InChI=1S/C18H24N2S/c1-20(2)11-12-21-18-16(14-7-3-4-8-14)13-15-9-5-6-10-17(15)19-18/h5-6,9-10,13-14H,3-4,7-8,11-12H2,1-2H3. The van der Waals surface area contributed by atoms with Crippen LogP contribution in [0, 0.1) is 0 Å². The Hall–Kier alpha value is -1.06. The van der Waals surface area contributed by atoms with E-state index in [1.165, 1.54) is 41.7 Å². The van der Waals surface area contributed by atoms with Gasteiger partial charge in [0, 0.05) is 17.7 Å². The Morgan fingerprint density at radius 1 is 1.19 bits per heavy atom. The quantitative estimate of drug-likeness (QED) is 0.754. The highest BCUT2D eigenvalue weighted by Crippen LogP contribution is 2.39. The predicted molar refractivity (Wildman–Crippen MR) is 92.2 cm³/mol. The van der Waals surface area contributed by atoms with Crippen LogP contribution < -0.4 is 0 Å². The van der Waals surface area contributed by atoms with Crippen LogP contribution >= 0.6 is 11.8 Å². The van der Waals surface area contributed by atoms with Crippen molar-refractivity contribution in [3.05, 3.63) is 35.9 Å². The zero-order valence-electron chi connectivity index (χ0n) is 13.0. The number of para-hydroxylation sites is 1. The molecule has 0 unspecified atom stereocenters. The van der Waals surface area contributed by atoms with Gasteiger partial charge in [-0.05, 0) is 50.6 Å². The lowest BCUT2D eigenvalue weighted by molar-refractivity contribution is 0.437. The number of nitrogens with zero attached hydrogens (tertiary/aromatic N) is 2. The highest BCUT2D eigenvalue weighted by molar-refractivity contribution is 7.99. The molecule has 1 aromatic heterocycles. The van der Waals surface area contributed by atoms with E-state index in [9.17, 15) is 0 Å². The smallest absolute Gasteiger partial charge is 0.100 e. The molecule has 1 fully saturated rings. The van der Waals surface area contributed by atoms with Gasteiger partial charge in [0.2, 0.25) is 0 Å². The predicted octanol–water partition coefficient (Wildman–Crippen LogP) is 4.55. The molecule has 0 saturated heterocycles. The zero-order valence-corrected chi connectivity index (χ0v) is 13.8. The van der Waals surface area contributed by atoms with E-state index in [1.54, 1.807) is 0 Å². The molecular weight excluding hydrogens is 276 g/mol. The molecule has 0 radical (unpaired) electrons. The van der Waals surface area contributed by atoms with Crippen LogP contribution in [0.3, 0.4) is 0 Å². The first-order valence-electron chi connectivity index (χ1n) is 7.91. The Balaban J connectivity index is 1.91. The van der Waals surface area contributed by atoms with Crippen LogP contribution in [0.4, 0.5) is 0 Å². The normalized spacial score (nSPS) is 16.1. The van der Waals surface area contributed by atoms with Gasteiger partial charge in [0.05, 0.1) is 5.52 Å². The Labute approximate surface area is 131 Å². The molecule has 1 heterocycles. The van der Waals surface area contributed by atoms with E-state index >= 15 is 0 Å². The summed E-state index contributed by atoms with van der Waals surface area (Å²) in [4.78, 5) is 7.20. The van der Waals surface area contributed by atoms with E-state index < -0.39 is 0 Å². The third-order valence-corrected chi connectivity index (χ3v) is 5.28. The summed E-state index contributed by atoms with van der Waals surface area (Å²) in [6.07, 6.45) is 5.42. The number of hydrogen-bond donors (Lipinski definition) is 0. The molecule has 1 aromatic carbocycles. The van der Waals surface area contributed by atoms with E-state index in [-0.39, 0.29) is 0 Å². The number of hydrogen-bond acceptors (Lipinski definition) is 3.